The van der Waals surface area contributed by atoms with Gasteiger partial charge in [-0.15, -0.1) is 0 Å². The lowest BCUT2D eigenvalue weighted by atomic mass is 9.77. The van der Waals surface area contributed by atoms with Crippen molar-refractivity contribution < 1.29 is 23.8 Å². The Morgan fingerprint density at radius 1 is 1.15 bits per heavy atom. The molecule has 0 spiro atoms. The Balaban J connectivity index is 1.52. The number of methoxy groups -OCH3 is 1. The zero-order valence-corrected chi connectivity index (χ0v) is 24.1. The van der Waals surface area contributed by atoms with Crippen molar-refractivity contribution in [1.29, 1.82) is 0 Å². The highest BCUT2D eigenvalue weighted by Crippen LogP contribution is 2.41. The fourth-order valence-electron chi connectivity index (χ4n) is 5.86. The van der Waals surface area contributed by atoms with Crippen LogP contribution >= 0.6 is 0 Å². The molecule has 8 nitrogen and oxygen atoms in total. The molecule has 1 aromatic heterocycles. The molecular weight excluding hydrogens is 506 g/mol. The quantitative estimate of drug-likeness (QED) is 0.400. The first-order valence-electron chi connectivity index (χ1n) is 14.2. The van der Waals surface area contributed by atoms with Crippen molar-refractivity contribution in [2.75, 3.05) is 7.11 Å². The first-order chi connectivity index (χ1) is 19.0. The third-order valence-electron chi connectivity index (χ3n) is 8.15. The van der Waals surface area contributed by atoms with Gasteiger partial charge in [0, 0.05) is 12.3 Å². The van der Waals surface area contributed by atoms with E-state index in [4.69, 9.17) is 24.2 Å². The molecule has 212 valence electrons. The molecule has 2 saturated carbocycles. The van der Waals surface area contributed by atoms with Crippen LogP contribution in [0.3, 0.4) is 0 Å². The minimum absolute atomic E-state index is 0.0764. The van der Waals surface area contributed by atoms with Gasteiger partial charge in [0.05, 0.1) is 30.1 Å². The topological polar surface area (TPSA) is 99.6 Å². The van der Waals surface area contributed by atoms with E-state index in [0.717, 1.165) is 36.8 Å². The Labute approximate surface area is 236 Å². The van der Waals surface area contributed by atoms with E-state index in [9.17, 15) is 9.59 Å². The monoisotopic (exact) mass is 545 g/mol. The average Bonchev–Trinajstić information content (AvgIpc) is 3.49. The van der Waals surface area contributed by atoms with Crippen molar-refractivity contribution in [2.24, 2.45) is 23.2 Å². The molecule has 5 rings (SSSR count). The second-order valence-corrected chi connectivity index (χ2v) is 12.4. The molecule has 2 aromatic rings. The predicted octanol–water partition coefficient (Wildman–Crippen LogP) is 4.87. The molecule has 0 saturated heterocycles. The van der Waals surface area contributed by atoms with Crippen LogP contribution in [0, 0.1) is 41.9 Å². The molecular formula is C32H39N3O5. The summed E-state index contributed by atoms with van der Waals surface area (Å²) in [4.78, 5) is 36.6. The molecule has 2 bridgehead atoms. The van der Waals surface area contributed by atoms with E-state index in [-0.39, 0.29) is 11.9 Å². The summed E-state index contributed by atoms with van der Waals surface area (Å²) < 4.78 is 17.6. The maximum absolute atomic E-state index is 14.1. The van der Waals surface area contributed by atoms with Gasteiger partial charge in [-0.2, -0.15) is 0 Å². The van der Waals surface area contributed by atoms with Crippen LogP contribution in [0.4, 0.5) is 0 Å². The van der Waals surface area contributed by atoms with E-state index in [1.54, 1.807) is 0 Å². The summed E-state index contributed by atoms with van der Waals surface area (Å²) in [6.45, 7) is 12.1. The highest BCUT2D eigenvalue weighted by molar-refractivity contribution is 5.92. The molecule has 8 heteroatoms. The van der Waals surface area contributed by atoms with Crippen molar-refractivity contribution in [1.82, 2.24) is 15.3 Å². The first-order valence-corrected chi connectivity index (χ1v) is 14.2. The second kappa shape index (κ2) is 11.1. The Kier molecular flexibility index (Phi) is 7.76. The molecule has 2 fully saturated rings. The number of benzene rings is 1. The van der Waals surface area contributed by atoms with Crippen LogP contribution in [0.2, 0.25) is 0 Å². The number of Topliss-reactive ketones (excluding diaryl/α,β-unsaturated/α-hetero) is 1. The Morgan fingerprint density at radius 3 is 2.70 bits per heavy atom. The van der Waals surface area contributed by atoms with Crippen molar-refractivity contribution in [3.63, 3.8) is 0 Å². The van der Waals surface area contributed by atoms with Gasteiger partial charge in [-0.3, -0.25) is 9.59 Å². The van der Waals surface area contributed by atoms with Crippen LogP contribution in [0.5, 0.6) is 5.88 Å². The summed E-state index contributed by atoms with van der Waals surface area (Å²) in [7, 11) is 1.35. The highest BCUT2D eigenvalue weighted by Gasteiger charge is 2.49. The Morgan fingerprint density at radius 2 is 1.95 bits per heavy atom. The van der Waals surface area contributed by atoms with Crippen LogP contribution in [-0.4, -0.2) is 47.1 Å². The van der Waals surface area contributed by atoms with Crippen molar-refractivity contribution in [2.45, 2.75) is 84.5 Å². The number of hydrogen-bond acceptors (Lipinski definition) is 8. The second-order valence-electron chi connectivity index (χ2n) is 12.4. The van der Waals surface area contributed by atoms with Gasteiger partial charge < -0.3 is 19.5 Å². The van der Waals surface area contributed by atoms with Gasteiger partial charge in [0.1, 0.15) is 12.2 Å². The number of ketones is 1. The standard InChI is InChI=1S/C32H39N3O5/c1-18-12-13-24-26(14-18)35-30-25(34-24)11-9-7-8-10-20-15-27(20)39-19(2)33-29(32(3,4)5)28(36)22-16-21(40-30)17-23(22)31(37)38-6/h12-14,20-23,27,29,33H,2,7-8,10,15-17H2,1,3-6H3/t20-,21?,22?,23-,27-,29-/m1/s1. The van der Waals surface area contributed by atoms with Gasteiger partial charge in [-0.05, 0) is 80.6 Å². The third kappa shape index (κ3) is 6.09. The summed E-state index contributed by atoms with van der Waals surface area (Å²) in [5, 5.41) is 3.27. The van der Waals surface area contributed by atoms with Crippen LogP contribution in [0.25, 0.3) is 11.0 Å². The van der Waals surface area contributed by atoms with Crippen molar-refractivity contribution in [3.05, 3.63) is 41.9 Å². The molecule has 2 heterocycles. The number of esters is 1. The fraction of sp³-hybridized carbons (Fsp3) is 0.562. The molecule has 2 unspecified atom stereocenters. The number of fused-ring (bicyclic) bond motifs is 5. The number of hydrogen-bond donors (Lipinski definition) is 1. The van der Waals surface area contributed by atoms with Gasteiger partial charge in [0.2, 0.25) is 5.88 Å². The van der Waals surface area contributed by atoms with E-state index in [1.807, 2.05) is 45.9 Å². The largest absolute Gasteiger partial charge is 0.476 e. The van der Waals surface area contributed by atoms with Gasteiger partial charge in [-0.1, -0.05) is 32.8 Å². The van der Waals surface area contributed by atoms with Crippen LogP contribution < -0.4 is 10.1 Å². The lowest BCUT2D eigenvalue weighted by molar-refractivity contribution is -0.149. The SMILES string of the molecule is C=C1N[C@@H](C(C)(C)C)C(=O)C2CC(C[C@H]2C(=O)OC)Oc2nc3cc(C)ccc3nc2C#CCCC[C@@H]2C[C@H]2O1. The molecule has 1 aliphatic heterocycles. The summed E-state index contributed by atoms with van der Waals surface area (Å²) in [5.74, 6) is 5.89. The molecule has 0 radical (unpaired) electrons. The van der Waals surface area contributed by atoms with E-state index in [0.29, 0.717) is 41.7 Å². The van der Waals surface area contributed by atoms with E-state index in [2.05, 4.69) is 23.7 Å². The molecule has 2 aliphatic carbocycles. The summed E-state index contributed by atoms with van der Waals surface area (Å²) in [6.07, 6.45) is 3.99. The number of ether oxygens (including phenoxy) is 3. The molecule has 40 heavy (non-hydrogen) atoms. The Bertz CT molecular complexity index is 1380. The fourth-order valence-corrected chi connectivity index (χ4v) is 5.86. The molecule has 0 amide bonds. The smallest absolute Gasteiger partial charge is 0.309 e. The average molecular weight is 546 g/mol. The first kappa shape index (κ1) is 27.9. The minimum atomic E-state index is -0.636. The zero-order chi connectivity index (χ0) is 28.6. The van der Waals surface area contributed by atoms with Crippen molar-refractivity contribution >= 4 is 22.8 Å². The number of rotatable bonds is 1. The lowest BCUT2D eigenvalue weighted by Gasteiger charge is -2.34. The van der Waals surface area contributed by atoms with Gasteiger partial charge >= 0.3 is 5.97 Å². The summed E-state index contributed by atoms with van der Waals surface area (Å²) in [5.41, 5.74) is 2.55. The van der Waals surface area contributed by atoms with Crippen molar-refractivity contribution in [3.8, 4) is 17.7 Å². The number of aryl methyl sites for hydroxylation is 1. The Hall–Kier alpha value is -3.60. The van der Waals surface area contributed by atoms with Gasteiger partial charge in [-0.25, -0.2) is 9.97 Å². The van der Waals surface area contributed by atoms with Crippen LogP contribution in [0.15, 0.2) is 30.7 Å². The van der Waals surface area contributed by atoms with Gasteiger partial charge in [0.15, 0.2) is 17.4 Å². The molecule has 6 atom stereocenters. The maximum Gasteiger partial charge on any atom is 0.309 e. The highest BCUT2D eigenvalue weighted by atomic mass is 16.5. The number of carbonyl (C=O) groups is 2. The normalized spacial score (nSPS) is 28.8. The number of carbonyl (C=O) groups excluding carboxylic acids is 2. The minimum Gasteiger partial charge on any atom is -0.476 e. The predicted molar refractivity (Wildman–Crippen MR) is 151 cm³/mol. The van der Waals surface area contributed by atoms with E-state index < -0.39 is 35.4 Å². The van der Waals surface area contributed by atoms with Crippen LogP contribution in [-0.2, 0) is 19.1 Å². The summed E-state index contributed by atoms with van der Waals surface area (Å²) >= 11 is 0. The maximum atomic E-state index is 14.1. The number of aromatic nitrogens is 2. The molecule has 1 N–H and O–H groups in total. The lowest BCUT2D eigenvalue weighted by Crippen LogP contribution is -2.50. The van der Waals surface area contributed by atoms with Gasteiger partial charge in [0.25, 0.3) is 0 Å². The summed E-state index contributed by atoms with van der Waals surface area (Å²) in [6, 6.07) is 5.29. The van der Waals surface area contributed by atoms with E-state index >= 15 is 0 Å². The number of nitrogens with one attached hydrogen (secondary N) is 1. The van der Waals surface area contributed by atoms with E-state index in [1.165, 1.54) is 7.11 Å². The number of nitrogens with zero attached hydrogens (tertiary/aromatic N) is 2. The zero-order valence-electron chi connectivity index (χ0n) is 24.1. The molecule has 1 aromatic carbocycles. The third-order valence-corrected chi connectivity index (χ3v) is 8.15. The van der Waals surface area contributed by atoms with Crippen LogP contribution in [0.1, 0.15) is 70.6 Å². The molecule has 3 aliphatic rings.